The third-order valence-electron chi connectivity index (χ3n) is 4.75. The van der Waals surface area contributed by atoms with Crippen LogP contribution in [0.5, 0.6) is 5.75 Å². The van der Waals surface area contributed by atoms with Crippen LogP contribution >= 0.6 is 23.2 Å². The van der Waals surface area contributed by atoms with Gasteiger partial charge in [0.1, 0.15) is 16.7 Å². The molecule has 6 nitrogen and oxygen atoms in total. The van der Waals surface area contributed by atoms with Crippen molar-refractivity contribution in [3.8, 4) is 5.75 Å². The van der Waals surface area contributed by atoms with E-state index in [1.165, 1.54) is 25.3 Å². The van der Waals surface area contributed by atoms with Gasteiger partial charge in [-0.1, -0.05) is 59.6 Å². The average molecular weight is 493 g/mol. The second-order valence-corrected chi connectivity index (χ2v) is 9.64. The molecule has 32 heavy (non-hydrogen) atoms. The molecule has 0 bridgehead atoms. The summed E-state index contributed by atoms with van der Waals surface area (Å²) >= 11 is 12.2. The molecule has 9 heteroatoms. The molecule has 0 radical (unpaired) electrons. The summed E-state index contributed by atoms with van der Waals surface area (Å²) in [6, 6.07) is 17.3. The summed E-state index contributed by atoms with van der Waals surface area (Å²) < 4.78 is 34.0. The molecule has 1 atom stereocenters. The molecule has 2 N–H and O–H groups in total. The first-order valence-electron chi connectivity index (χ1n) is 9.66. The van der Waals surface area contributed by atoms with Gasteiger partial charge in [0.2, 0.25) is 15.9 Å². The Bertz CT molecular complexity index is 1220. The number of methoxy groups -OCH3 is 1. The molecule has 0 saturated carbocycles. The zero-order valence-electron chi connectivity index (χ0n) is 17.4. The second-order valence-electron chi connectivity index (χ2n) is 7.11. The van der Waals surface area contributed by atoms with E-state index in [1.807, 2.05) is 37.3 Å². The Morgan fingerprint density at radius 1 is 1.03 bits per heavy atom. The zero-order chi connectivity index (χ0) is 23.3. The third kappa shape index (κ3) is 6.01. The van der Waals surface area contributed by atoms with Crippen molar-refractivity contribution < 1.29 is 17.9 Å². The molecule has 0 saturated heterocycles. The molecule has 168 valence electrons. The van der Waals surface area contributed by atoms with Crippen molar-refractivity contribution in [2.75, 3.05) is 12.4 Å². The van der Waals surface area contributed by atoms with Gasteiger partial charge in [0, 0.05) is 15.7 Å². The summed E-state index contributed by atoms with van der Waals surface area (Å²) in [5.41, 5.74) is 2.11. The molecule has 3 aromatic rings. The van der Waals surface area contributed by atoms with Gasteiger partial charge in [0.05, 0.1) is 7.11 Å². The number of nitrogens with one attached hydrogen (secondary N) is 2. The van der Waals surface area contributed by atoms with Crippen molar-refractivity contribution in [1.29, 1.82) is 0 Å². The molecule has 0 heterocycles. The largest absolute Gasteiger partial charge is 0.495 e. The van der Waals surface area contributed by atoms with Crippen molar-refractivity contribution in [3.63, 3.8) is 0 Å². The predicted molar refractivity (Wildman–Crippen MR) is 127 cm³/mol. The van der Waals surface area contributed by atoms with Gasteiger partial charge in [-0.25, -0.2) is 8.42 Å². The SMILES string of the molecule is COc1ccc(Cl)cc1S(=O)(=O)NC(Cc1ccccc1)C(=O)Nc1ccc(C)c(Cl)c1. The van der Waals surface area contributed by atoms with E-state index in [-0.39, 0.29) is 22.1 Å². The summed E-state index contributed by atoms with van der Waals surface area (Å²) in [5, 5.41) is 3.46. The number of amides is 1. The van der Waals surface area contributed by atoms with E-state index in [4.69, 9.17) is 27.9 Å². The lowest BCUT2D eigenvalue weighted by Gasteiger charge is -2.20. The average Bonchev–Trinajstić information content (AvgIpc) is 2.76. The lowest BCUT2D eigenvalue weighted by molar-refractivity contribution is -0.117. The summed E-state index contributed by atoms with van der Waals surface area (Å²) in [6.07, 6.45) is 0.133. The smallest absolute Gasteiger partial charge is 0.245 e. The molecule has 0 fully saturated rings. The summed E-state index contributed by atoms with van der Waals surface area (Å²) in [4.78, 5) is 12.9. The highest BCUT2D eigenvalue weighted by Crippen LogP contribution is 2.27. The number of sulfonamides is 1. The first-order valence-corrected chi connectivity index (χ1v) is 11.9. The summed E-state index contributed by atoms with van der Waals surface area (Å²) in [7, 11) is -2.78. The summed E-state index contributed by atoms with van der Waals surface area (Å²) in [5.74, 6) is -0.413. The van der Waals surface area contributed by atoms with Crippen LogP contribution in [0, 0.1) is 6.92 Å². The van der Waals surface area contributed by atoms with Crippen LogP contribution in [0.3, 0.4) is 0 Å². The Balaban J connectivity index is 1.92. The minimum absolute atomic E-state index is 0.117. The predicted octanol–water partition coefficient (Wildman–Crippen LogP) is 4.84. The van der Waals surface area contributed by atoms with E-state index in [2.05, 4.69) is 10.0 Å². The fourth-order valence-electron chi connectivity index (χ4n) is 3.05. The summed E-state index contributed by atoms with van der Waals surface area (Å²) in [6.45, 7) is 1.85. The van der Waals surface area contributed by atoms with Crippen molar-refractivity contribution in [3.05, 3.63) is 87.9 Å². The molecule has 0 aliphatic carbocycles. The fraction of sp³-hybridized carbons (Fsp3) is 0.174. The second kappa shape index (κ2) is 10.4. The van der Waals surface area contributed by atoms with Gasteiger partial charge in [0.15, 0.2) is 0 Å². The molecule has 1 amide bonds. The Morgan fingerprint density at radius 3 is 2.41 bits per heavy atom. The number of anilines is 1. The van der Waals surface area contributed by atoms with Crippen molar-refractivity contribution >= 4 is 44.8 Å². The van der Waals surface area contributed by atoms with E-state index < -0.39 is 22.0 Å². The number of hydrogen-bond acceptors (Lipinski definition) is 4. The molecule has 0 spiro atoms. The van der Waals surface area contributed by atoms with Crippen molar-refractivity contribution in [2.24, 2.45) is 0 Å². The molecule has 3 aromatic carbocycles. The maximum atomic E-state index is 13.2. The minimum Gasteiger partial charge on any atom is -0.495 e. The highest BCUT2D eigenvalue weighted by atomic mass is 35.5. The number of halogens is 2. The number of benzene rings is 3. The number of carbonyl (C=O) groups is 1. The van der Waals surface area contributed by atoms with Crippen LogP contribution in [-0.4, -0.2) is 27.5 Å². The van der Waals surface area contributed by atoms with Gasteiger partial charge < -0.3 is 10.1 Å². The molecular formula is C23H22Cl2N2O4S. The van der Waals surface area contributed by atoms with E-state index in [9.17, 15) is 13.2 Å². The molecule has 0 aromatic heterocycles. The molecule has 0 aliphatic heterocycles. The Hall–Kier alpha value is -2.58. The van der Waals surface area contributed by atoms with Gasteiger partial charge in [-0.15, -0.1) is 0 Å². The fourth-order valence-corrected chi connectivity index (χ4v) is 4.86. The zero-order valence-corrected chi connectivity index (χ0v) is 19.8. The Labute approximate surface area is 197 Å². The Kier molecular flexibility index (Phi) is 7.79. The lowest BCUT2D eigenvalue weighted by atomic mass is 10.1. The van der Waals surface area contributed by atoms with Crippen LogP contribution in [0.25, 0.3) is 0 Å². The van der Waals surface area contributed by atoms with Crippen LogP contribution < -0.4 is 14.8 Å². The van der Waals surface area contributed by atoms with Gasteiger partial charge in [-0.05, 0) is 54.8 Å². The maximum absolute atomic E-state index is 13.2. The van der Waals surface area contributed by atoms with Crippen LogP contribution in [0.15, 0.2) is 71.6 Å². The standard InChI is InChI=1S/C23H22Cl2N2O4S/c1-15-8-10-18(14-19(15)25)26-23(28)20(12-16-6-4-3-5-7-16)27-32(29,30)22-13-17(24)9-11-21(22)31-2/h3-11,13-14,20,27H,12H2,1-2H3,(H,26,28). The van der Waals surface area contributed by atoms with Crippen LogP contribution in [-0.2, 0) is 21.2 Å². The quantitative estimate of drug-likeness (QED) is 0.471. The van der Waals surface area contributed by atoms with Crippen LogP contribution in [0.2, 0.25) is 10.0 Å². The number of ether oxygens (including phenoxy) is 1. The molecular weight excluding hydrogens is 471 g/mol. The lowest BCUT2D eigenvalue weighted by Crippen LogP contribution is -2.45. The molecule has 3 rings (SSSR count). The van der Waals surface area contributed by atoms with Crippen LogP contribution in [0.1, 0.15) is 11.1 Å². The third-order valence-corrected chi connectivity index (χ3v) is 6.89. The van der Waals surface area contributed by atoms with E-state index in [1.54, 1.807) is 18.2 Å². The number of rotatable bonds is 8. The van der Waals surface area contributed by atoms with E-state index in [0.717, 1.165) is 11.1 Å². The molecule has 1 unspecified atom stereocenters. The monoisotopic (exact) mass is 492 g/mol. The first-order chi connectivity index (χ1) is 15.2. The Morgan fingerprint density at radius 2 is 1.75 bits per heavy atom. The highest BCUT2D eigenvalue weighted by molar-refractivity contribution is 7.89. The topological polar surface area (TPSA) is 84.5 Å². The normalized spacial score (nSPS) is 12.2. The van der Waals surface area contributed by atoms with Gasteiger partial charge in [0.25, 0.3) is 0 Å². The minimum atomic E-state index is -4.14. The highest BCUT2D eigenvalue weighted by Gasteiger charge is 2.28. The number of hydrogen-bond donors (Lipinski definition) is 2. The maximum Gasteiger partial charge on any atom is 0.245 e. The van der Waals surface area contributed by atoms with Crippen molar-refractivity contribution in [2.45, 2.75) is 24.3 Å². The first kappa shape index (κ1) is 24.1. The van der Waals surface area contributed by atoms with Crippen LogP contribution in [0.4, 0.5) is 5.69 Å². The van der Waals surface area contributed by atoms with Gasteiger partial charge in [-0.2, -0.15) is 4.72 Å². The van der Waals surface area contributed by atoms with E-state index >= 15 is 0 Å². The van der Waals surface area contributed by atoms with Gasteiger partial charge >= 0.3 is 0 Å². The molecule has 0 aliphatic rings. The van der Waals surface area contributed by atoms with Crippen molar-refractivity contribution in [1.82, 2.24) is 4.72 Å². The number of carbonyl (C=O) groups excluding carboxylic acids is 1. The number of aryl methyl sites for hydroxylation is 1. The van der Waals surface area contributed by atoms with Gasteiger partial charge in [-0.3, -0.25) is 4.79 Å². The van der Waals surface area contributed by atoms with E-state index in [0.29, 0.717) is 10.7 Å².